The molecule has 2 aromatic heterocycles. The Morgan fingerprint density at radius 3 is 2.42 bits per heavy atom. The van der Waals surface area contributed by atoms with Gasteiger partial charge in [-0.25, -0.2) is 19.6 Å². The van der Waals surface area contributed by atoms with Crippen LogP contribution in [0.5, 0.6) is 0 Å². The van der Waals surface area contributed by atoms with Gasteiger partial charge in [0.2, 0.25) is 5.95 Å². The Balaban J connectivity index is 0.000000470. The Labute approximate surface area is 238 Å². The van der Waals surface area contributed by atoms with Crippen molar-refractivity contribution in [1.82, 2.24) is 15.0 Å². The Kier molecular flexibility index (Phi) is 8.92. The van der Waals surface area contributed by atoms with E-state index in [1.54, 1.807) is 6.20 Å². The third-order valence-corrected chi connectivity index (χ3v) is 6.47. The monoisotopic (exact) mass is 611 g/mol. The van der Waals surface area contributed by atoms with Crippen LogP contribution in [0.1, 0.15) is 11.1 Å². The largest absolute Gasteiger partial charge is 0.490 e. The van der Waals surface area contributed by atoms with Crippen molar-refractivity contribution in [1.29, 1.82) is 0 Å². The predicted molar refractivity (Wildman–Crippen MR) is 147 cm³/mol. The summed E-state index contributed by atoms with van der Waals surface area (Å²) in [6.45, 7) is 0. The molecule has 2 aromatic carbocycles. The molecule has 0 atom stereocenters. The minimum atomic E-state index is -5.08. The number of nitrogens with zero attached hydrogens (tertiary/aromatic N) is 3. The zero-order chi connectivity index (χ0) is 28.9. The van der Waals surface area contributed by atoms with E-state index in [9.17, 15) is 18.0 Å². The number of carboxylic acid groups (broad SMARTS) is 1. The zero-order valence-corrected chi connectivity index (χ0v) is 22.3. The number of anilines is 6. The van der Waals surface area contributed by atoms with Gasteiger partial charge in [-0.3, -0.25) is 5.32 Å². The first-order valence-corrected chi connectivity index (χ1v) is 12.8. The van der Waals surface area contributed by atoms with Crippen molar-refractivity contribution in [3.05, 3.63) is 75.3 Å². The van der Waals surface area contributed by atoms with Crippen molar-refractivity contribution in [3.63, 3.8) is 0 Å². The van der Waals surface area contributed by atoms with Gasteiger partial charge in [-0.1, -0.05) is 46.7 Å². The number of carbonyl (C=O) groups is 2. The molecule has 1 aliphatic rings. The lowest BCUT2D eigenvalue weighted by Crippen LogP contribution is -2.21. The topological polar surface area (TPSA) is 141 Å². The van der Waals surface area contributed by atoms with Crippen molar-refractivity contribution < 1.29 is 27.9 Å². The highest BCUT2D eigenvalue weighted by Gasteiger charge is 2.38. The fourth-order valence-electron chi connectivity index (χ4n) is 3.43. The van der Waals surface area contributed by atoms with Gasteiger partial charge < -0.3 is 21.1 Å². The molecule has 0 aliphatic carbocycles. The summed E-state index contributed by atoms with van der Waals surface area (Å²) in [7, 11) is 0. The van der Waals surface area contributed by atoms with Crippen molar-refractivity contribution in [2.45, 2.75) is 19.0 Å². The Morgan fingerprint density at radius 2 is 1.73 bits per heavy atom. The van der Waals surface area contributed by atoms with E-state index in [0.29, 0.717) is 38.4 Å². The summed E-state index contributed by atoms with van der Waals surface area (Å²) in [4.78, 5) is 34.2. The molecule has 208 valence electrons. The number of aromatic nitrogens is 3. The van der Waals surface area contributed by atoms with Crippen LogP contribution in [0.2, 0.25) is 9.36 Å². The first kappa shape index (κ1) is 28.9. The molecule has 2 amide bonds. The molecule has 10 nitrogen and oxygen atoms in total. The SMILES string of the molecule is O=C(Nc1ncc(Cl)s1)Nc1ccc2cc1CCc1cccc(c1)Nc1ncc(Cl)c(n1)N2.O=C(O)C(F)(F)F. The number of alkyl halides is 3. The lowest BCUT2D eigenvalue weighted by Gasteiger charge is -2.14. The molecule has 1 aliphatic heterocycles. The van der Waals surface area contributed by atoms with Crippen LogP contribution in [-0.4, -0.2) is 38.2 Å². The van der Waals surface area contributed by atoms with Crippen LogP contribution in [0.15, 0.2) is 54.9 Å². The number of aliphatic carboxylic acids is 1. The van der Waals surface area contributed by atoms with Crippen molar-refractivity contribution in [2.75, 3.05) is 21.3 Å². The smallest absolute Gasteiger partial charge is 0.475 e. The number of carbonyl (C=O) groups excluding carboxylic acids is 1. The van der Waals surface area contributed by atoms with Crippen LogP contribution in [0.4, 0.5) is 51.9 Å². The van der Waals surface area contributed by atoms with Gasteiger partial charge in [-0.05, 0) is 54.3 Å². The van der Waals surface area contributed by atoms with Crippen LogP contribution in [0, 0.1) is 0 Å². The highest BCUT2D eigenvalue weighted by Crippen LogP contribution is 2.30. The lowest BCUT2D eigenvalue weighted by atomic mass is 10.0. The molecule has 6 bridgehead atoms. The standard InChI is InChI=1S/C22H17Cl2N7OS.C2HF3O2/c23-16-10-25-20-28-14-3-1-2-12(8-14)4-5-13-9-15(27-19(16)30-20)6-7-17(13)29-21(32)31-22-26-11-18(24)33-22;3-2(4,5)1(6)7/h1-3,6-11H,4-5H2,(H2,25,27,28,30)(H2,26,29,31,32);(H,6,7). The molecule has 5 N–H and O–H groups in total. The Hall–Kier alpha value is -4.14. The highest BCUT2D eigenvalue weighted by molar-refractivity contribution is 7.19. The van der Waals surface area contributed by atoms with E-state index in [-0.39, 0.29) is 0 Å². The average molecular weight is 612 g/mol. The number of hydrogen-bond donors (Lipinski definition) is 5. The summed E-state index contributed by atoms with van der Waals surface area (Å²) in [6.07, 6.45) is -0.563. The number of amides is 2. The molecule has 16 heteroatoms. The maximum absolute atomic E-state index is 12.5. The second-order valence-corrected chi connectivity index (χ2v) is 10.1. The molecule has 0 saturated carbocycles. The first-order valence-electron chi connectivity index (χ1n) is 11.2. The van der Waals surface area contributed by atoms with E-state index in [1.165, 1.54) is 17.5 Å². The summed E-state index contributed by atoms with van der Waals surface area (Å²) in [5, 5.41) is 20.0. The Bertz CT molecular complexity index is 1550. The van der Waals surface area contributed by atoms with Gasteiger partial charge in [0.25, 0.3) is 0 Å². The van der Waals surface area contributed by atoms with Gasteiger partial charge in [-0.15, -0.1) is 0 Å². The molecule has 3 heterocycles. The van der Waals surface area contributed by atoms with E-state index in [1.807, 2.05) is 30.3 Å². The van der Waals surface area contributed by atoms with Crippen molar-refractivity contribution in [3.8, 4) is 0 Å². The third kappa shape index (κ3) is 7.94. The van der Waals surface area contributed by atoms with Crippen molar-refractivity contribution in [2.24, 2.45) is 0 Å². The molecule has 0 radical (unpaired) electrons. The fraction of sp³-hybridized carbons (Fsp3) is 0.125. The third-order valence-electron chi connectivity index (χ3n) is 5.17. The molecule has 0 saturated heterocycles. The molecular weight excluding hydrogens is 594 g/mol. The maximum atomic E-state index is 12.5. The van der Waals surface area contributed by atoms with Crippen molar-refractivity contribution >= 4 is 80.5 Å². The fourth-order valence-corrected chi connectivity index (χ4v) is 4.37. The molecule has 40 heavy (non-hydrogen) atoms. The van der Waals surface area contributed by atoms with Gasteiger partial charge in [0.1, 0.15) is 9.36 Å². The number of rotatable bonds is 2. The summed E-state index contributed by atoms with van der Waals surface area (Å²) in [5.41, 5.74) is 4.46. The Morgan fingerprint density at radius 1 is 0.975 bits per heavy atom. The minimum absolute atomic E-state index is 0.393. The zero-order valence-electron chi connectivity index (χ0n) is 20.0. The average Bonchev–Trinajstić information content (AvgIpc) is 3.29. The van der Waals surface area contributed by atoms with Crippen LogP contribution < -0.4 is 21.3 Å². The van der Waals surface area contributed by atoms with E-state index >= 15 is 0 Å². The highest BCUT2D eigenvalue weighted by atomic mass is 35.5. The quantitative estimate of drug-likeness (QED) is 0.161. The number of carboxylic acids is 1. The first-order chi connectivity index (χ1) is 19.0. The second kappa shape index (κ2) is 12.4. The summed E-state index contributed by atoms with van der Waals surface area (Å²) < 4.78 is 32.2. The van der Waals surface area contributed by atoms with Crippen LogP contribution in [0.25, 0.3) is 0 Å². The summed E-state index contributed by atoms with van der Waals surface area (Å²) in [6, 6.07) is 13.3. The van der Waals surface area contributed by atoms with E-state index in [4.69, 9.17) is 33.1 Å². The van der Waals surface area contributed by atoms with E-state index in [0.717, 1.165) is 28.9 Å². The van der Waals surface area contributed by atoms with E-state index < -0.39 is 18.2 Å². The summed E-state index contributed by atoms with van der Waals surface area (Å²) in [5.74, 6) is -1.84. The number of nitrogens with one attached hydrogen (secondary N) is 4. The normalized spacial score (nSPS) is 12.1. The number of thiazole rings is 1. The van der Waals surface area contributed by atoms with Gasteiger partial charge in [0, 0.05) is 17.1 Å². The van der Waals surface area contributed by atoms with Gasteiger partial charge in [0.15, 0.2) is 10.9 Å². The molecular formula is C24H18Cl2F3N7O3S. The maximum Gasteiger partial charge on any atom is 0.490 e. The molecule has 0 unspecified atom stereocenters. The summed E-state index contributed by atoms with van der Waals surface area (Å²) >= 11 is 13.4. The van der Waals surface area contributed by atoms with Crippen LogP contribution in [0.3, 0.4) is 0 Å². The number of aryl methyl sites for hydroxylation is 2. The van der Waals surface area contributed by atoms with Gasteiger partial charge in [0.05, 0.1) is 12.4 Å². The van der Waals surface area contributed by atoms with E-state index in [2.05, 4.69) is 48.4 Å². The molecule has 5 rings (SSSR count). The number of fused-ring (bicyclic) bond motifs is 6. The molecule has 4 aromatic rings. The number of hydrogen-bond acceptors (Lipinski definition) is 8. The van der Waals surface area contributed by atoms with Gasteiger partial charge >= 0.3 is 18.2 Å². The molecule has 0 fully saturated rings. The minimum Gasteiger partial charge on any atom is -0.475 e. The second-order valence-electron chi connectivity index (χ2n) is 8.06. The number of urea groups is 1. The van der Waals surface area contributed by atoms with Crippen LogP contribution >= 0.6 is 34.5 Å². The number of benzene rings is 2. The lowest BCUT2D eigenvalue weighted by molar-refractivity contribution is -0.192. The number of halogens is 5. The van der Waals surface area contributed by atoms with Gasteiger partial charge in [-0.2, -0.15) is 18.2 Å². The molecule has 0 spiro atoms. The predicted octanol–water partition coefficient (Wildman–Crippen LogP) is 7.10. The van der Waals surface area contributed by atoms with Crippen LogP contribution in [-0.2, 0) is 17.6 Å².